The molecule has 1 amide bonds. The smallest absolute Gasteiger partial charge is 0.235 e. The van der Waals surface area contributed by atoms with E-state index in [1.54, 1.807) is 6.92 Å². The zero-order valence-corrected chi connectivity index (χ0v) is 17.4. The van der Waals surface area contributed by atoms with Gasteiger partial charge in [-0.2, -0.15) is 0 Å². The zero-order valence-electron chi connectivity index (χ0n) is 16.7. The molecule has 2 unspecified atom stereocenters. The van der Waals surface area contributed by atoms with Crippen LogP contribution in [0, 0.1) is 23.7 Å². The van der Waals surface area contributed by atoms with E-state index < -0.39 is 76.1 Å². The lowest BCUT2D eigenvalue weighted by atomic mass is 9.51. The van der Waals surface area contributed by atoms with Crippen molar-refractivity contribution in [2.45, 2.75) is 31.0 Å². The molecule has 3 aliphatic rings. The molecule has 0 bridgehead atoms. The summed E-state index contributed by atoms with van der Waals surface area (Å²) in [5.41, 5.74) is 13.2. The minimum atomic E-state index is -2.99. The molecule has 0 saturated heterocycles. The van der Waals surface area contributed by atoms with Gasteiger partial charge in [-0.15, -0.1) is 0 Å². The number of aliphatic hydroxyl groups is 2. The van der Waals surface area contributed by atoms with Crippen molar-refractivity contribution in [2.24, 2.45) is 29.4 Å². The number of carbonyl (C=O) groups is 5. The van der Waals surface area contributed by atoms with Crippen LogP contribution in [0.5, 0.6) is 5.75 Å². The largest absolute Gasteiger partial charge is 0.505 e. The van der Waals surface area contributed by atoms with Crippen LogP contribution in [0.15, 0.2) is 0 Å². The molecule has 12 heteroatoms. The number of nitrogens with two attached hydrogens (primary N) is 3. The molecular weight excluding hydrogens is 446 g/mol. The number of primary amides is 1. The quantitative estimate of drug-likeness (QED) is 0.124. The average Bonchev–Trinajstić information content (AvgIpc) is 2.73. The zero-order chi connectivity index (χ0) is 24.0. The molecule has 2 fully saturated rings. The van der Waals surface area contributed by atoms with Crippen LogP contribution in [0.2, 0.25) is 5.02 Å². The third-order valence-corrected chi connectivity index (χ3v) is 7.59. The number of aromatic hydroxyl groups is 1. The van der Waals surface area contributed by atoms with Crippen LogP contribution in [-0.4, -0.2) is 56.1 Å². The fourth-order valence-electron chi connectivity index (χ4n) is 5.53. The Morgan fingerprint density at radius 3 is 2.28 bits per heavy atom. The number of nitrogen functional groups attached to an aromatic ring is 2. The summed E-state index contributed by atoms with van der Waals surface area (Å²) in [7, 11) is 0. The third-order valence-electron chi connectivity index (χ3n) is 7.18. The lowest BCUT2D eigenvalue weighted by molar-refractivity contribution is -0.186. The Labute approximate surface area is 185 Å². The molecule has 7 atom stereocenters. The van der Waals surface area contributed by atoms with Crippen molar-refractivity contribution in [3.8, 4) is 5.75 Å². The SMILES string of the molecule is C[C@H]1c2c(N)c(Cl)c(N)c(O)c2C(=O)C2C(=O)[C@]3(O)C(=O)C(C(N)=O)C(=O)[C@H](O)[C@@H]3C[C@@H]21. The summed E-state index contributed by atoms with van der Waals surface area (Å²) in [6.07, 6.45) is -2.34. The normalized spacial score (nSPS) is 36.4. The number of ketones is 4. The van der Waals surface area contributed by atoms with Gasteiger partial charge in [0.15, 0.2) is 40.4 Å². The van der Waals surface area contributed by atoms with Crippen molar-refractivity contribution in [1.29, 1.82) is 0 Å². The highest BCUT2D eigenvalue weighted by Gasteiger charge is 2.69. The van der Waals surface area contributed by atoms with E-state index in [-0.39, 0.29) is 33.9 Å². The van der Waals surface area contributed by atoms with Gasteiger partial charge in [0.2, 0.25) is 5.91 Å². The fraction of sp³-hybridized carbons (Fsp3) is 0.450. The van der Waals surface area contributed by atoms with E-state index in [0.29, 0.717) is 0 Å². The second-order valence-electron chi connectivity index (χ2n) is 8.59. The molecule has 11 nitrogen and oxygen atoms in total. The predicted molar refractivity (Wildman–Crippen MR) is 108 cm³/mol. The molecule has 4 rings (SSSR count). The topological polar surface area (TPSA) is 224 Å². The molecule has 9 N–H and O–H groups in total. The summed E-state index contributed by atoms with van der Waals surface area (Å²) in [5, 5.41) is 32.0. The van der Waals surface area contributed by atoms with Crippen LogP contribution in [-0.2, 0) is 19.2 Å². The average molecular weight is 466 g/mol. The first-order valence-electron chi connectivity index (χ1n) is 9.73. The summed E-state index contributed by atoms with van der Waals surface area (Å²) >= 11 is 6.08. The second kappa shape index (κ2) is 6.74. The number of benzene rings is 1. The van der Waals surface area contributed by atoms with E-state index in [1.807, 2.05) is 0 Å². The van der Waals surface area contributed by atoms with Gasteiger partial charge < -0.3 is 32.5 Å². The summed E-state index contributed by atoms with van der Waals surface area (Å²) in [4.78, 5) is 63.8. The number of hydrogen-bond acceptors (Lipinski definition) is 10. The Bertz CT molecular complexity index is 1150. The second-order valence-corrected chi connectivity index (χ2v) is 8.97. The Hall–Kier alpha value is -3.02. The lowest BCUT2D eigenvalue weighted by Crippen LogP contribution is -2.72. The van der Waals surface area contributed by atoms with Crippen molar-refractivity contribution in [3.05, 3.63) is 16.1 Å². The molecule has 1 aromatic carbocycles. The predicted octanol–water partition coefficient (Wildman–Crippen LogP) is -1.32. The van der Waals surface area contributed by atoms with Crippen molar-refractivity contribution in [2.75, 3.05) is 11.5 Å². The van der Waals surface area contributed by atoms with Crippen LogP contribution in [0.4, 0.5) is 11.4 Å². The first kappa shape index (κ1) is 22.2. The van der Waals surface area contributed by atoms with Crippen molar-refractivity contribution in [1.82, 2.24) is 0 Å². The number of aliphatic hydroxyl groups excluding tert-OH is 1. The highest BCUT2D eigenvalue weighted by molar-refractivity contribution is 6.37. The highest BCUT2D eigenvalue weighted by Crippen LogP contribution is 2.56. The maximum atomic E-state index is 13.4. The van der Waals surface area contributed by atoms with Gasteiger partial charge >= 0.3 is 0 Å². The van der Waals surface area contributed by atoms with Gasteiger partial charge in [0.25, 0.3) is 0 Å². The number of phenols is 1. The van der Waals surface area contributed by atoms with Crippen molar-refractivity contribution in [3.63, 3.8) is 0 Å². The summed E-state index contributed by atoms with van der Waals surface area (Å²) < 4.78 is 0. The number of Topliss-reactive ketones (excluding diaryl/α,β-unsaturated/α-hetero) is 4. The van der Waals surface area contributed by atoms with Crippen LogP contribution >= 0.6 is 11.6 Å². The summed E-state index contributed by atoms with van der Waals surface area (Å²) in [5.74, 6) is -14.1. The number of fused-ring (bicyclic) bond motifs is 3. The summed E-state index contributed by atoms with van der Waals surface area (Å²) in [6.45, 7) is 1.59. The van der Waals surface area contributed by atoms with E-state index in [4.69, 9.17) is 28.8 Å². The number of phenolic OH excluding ortho intramolecular Hbond substituents is 1. The van der Waals surface area contributed by atoms with Gasteiger partial charge in [-0.25, -0.2) is 0 Å². The molecule has 0 aliphatic heterocycles. The molecule has 0 heterocycles. The molecule has 0 radical (unpaired) electrons. The van der Waals surface area contributed by atoms with E-state index in [2.05, 4.69) is 0 Å². The Morgan fingerprint density at radius 1 is 1.12 bits per heavy atom. The van der Waals surface area contributed by atoms with E-state index >= 15 is 0 Å². The van der Waals surface area contributed by atoms with E-state index in [9.17, 15) is 39.3 Å². The molecule has 3 aliphatic carbocycles. The van der Waals surface area contributed by atoms with Gasteiger partial charge in [-0.05, 0) is 23.8 Å². The molecular formula is C20H20ClN3O8. The fourth-order valence-corrected chi connectivity index (χ4v) is 5.72. The maximum Gasteiger partial charge on any atom is 0.235 e. The molecule has 1 aromatic rings. The van der Waals surface area contributed by atoms with Crippen molar-refractivity contribution >= 4 is 52.0 Å². The number of amides is 1. The van der Waals surface area contributed by atoms with Crippen LogP contribution in [0.1, 0.15) is 35.2 Å². The minimum Gasteiger partial charge on any atom is -0.505 e. The highest BCUT2D eigenvalue weighted by atomic mass is 35.5. The van der Waals surface area contributed by atoms with Gasteiger partial charge in [0.05, 0.1) is 27.9 Å². The van der Waals surface area contributed by atoms with Crippen LogP contribution in [0.3, 0.4) is 0 Å². The van der Waals surface area contributed by atoms with Crippen LogP contribution < -0.4 is 17.2 Å². The Kier molecular flexibility index (Phi) is 4.67. The molecule has 0 spiro atoms. The first-order chi connectivity index (χ1) is 14.8. The number of carbonyl (C=O) groups excluding carboxylic acids is 5. The Morgan fingerprint density at radius 2 is 1.72 bits per heavy atom. The third kappa shape index (κ3) is 2.41. The molecule has 2 saturated carbocycles. The van der Waals surface area contributed by atoms with E-state index in [1.165, 1.54) is 0 Å². The lowest BCUT2D eigenvalue weighted by Gasteiger charge is -2.51. The number of rotatable bonds is 1. The van der Waals surface area contributed by atoms with Gasteiger partial charge in [-0.1, -0.05) is 18.5 Å². The molecule has 0 aromatic heterocycles. The molecule has 32 heavy (non-hydrogen) atoms. The monoisotopic (exact) mass is 465 g/mol. The molecule has 170 valence electrons. The van der Waals surface area contributed by atoms with E-state index in [0.717, 1.165) is 0 Å². The minimum absolute atomic E-state index is 0.0744. The maximum absolute atomic E-state index is 13.4. The number of halogens is 1. The summed E-state index contributed by atoms with van der Waals surface area (Å²) in [6, 6.07) is 0. The van der Waals surface area contributed by atoms with Gasteiger partial charge in [0, 0.05) is 5.92 Å². The number of anilines is 2. The van der Waals surface area contributed by atoms with Gasteiger partial charge in [-0.3, -0.25) is 24.0 Å². The van der Waals surface area contributed by atoms with Crippen LogP contribution in [0.25, 0.3) is 0 Å². The Balaban J connectivity index is 1.93. The van der Waals surface area contributed by atoms with Crippen molar-refractivity contribution < 1.29 is 39.3 Å². The number of hydrogen-bond donors (Lipinski definition) is 6. The standard InChI is InChI=1S/C20H20ClN3O8/c1-3-4-2-5-13(25)16(28)9(19(24)31)18(30)20(5,32)17(29)7(4)14(26)8-6(3)11(22)10(21)12(23)15(8)27/h3-5,7,9,13,25,27,32H,2,22-23H2,1H3,(H2,24,31)/t3-,4-,5+,7?,9?,13-,20+/m1/s1. The first-order valence-corrected chi connectivity index (χ1v) is 10.1. The van der Waals surface area contributed by atoms with Gasteiger partial charge in [0.1, 0.15) is 6.10 Å².